The highest BCUT2D eigenvalue weighted by molar-refractivity contribution is 6.02. The molecule has 0 unspecified atom stereocenters. The maximum atomic E-state index is 11.4. The number of esters is 1. The molecule has 0 spiro atoms. The minimum absolute atomic E-state index is 0.391. The number of ether oxygens (including phenoxy) is 1. The number of carbonyl (C=O) groups excluding carboxylic acids is 1. The van der Waals surface area contributed by atoms with Gasteiger partial charge >= 0.3 is 5.97 Å². The molecule has 0 saturated heterocycles. The lowest BCUT2D eigenvalue weighted by molar-refractivity contribution is 0.0599. The Hall–Kier alpha value is -1.78. The molecule has 0 aromatic carbocycles. The summed E-state index contributed by atoms with van der Waals surface area (Å²) in [6.07, 6.45) is 0. The molecule has 0 amide bonds. The van der Waals surface area contributed by atoms with E-state index in [0.717, 1.165) is 5.56 Å². The molecule has 1 aromatic heterocycles. The summed E-state index contributed by atoms with van der Waals surface area (Å²) in [7, 11) is 1.33. The van der Waals surface area contributed by atoms with E-state index in [1.807, 2.05) is 0 Å². The number of nitrogens with zero attached hydrogens (tertiary/aromatic N) is 1. The topological polar surface area (TPSA) is 74.7 Å². The van der Waals surface area contributed by atoms with Crippen LogP contribution >= 0.6 is 0 Å². The molecule has 0 aliphatic heterocycles. The van der Waals surface area contributed by atoms with E-state index in [1.165, 1.54) is 7.11 Å². The average molecular weight is 210 g/mol. The summed E-state index contributed by atoms with van der Waals surface area (Å²) < 4.78 is 4.66. The highest BCUT2D eigenvalue weighted by Gasteiger charge is 2.19. The number of aryl methyl sites for hydroxylation is 1. The van der Waals surface area contributed by atoms with Crippen molar-refractivity contribution in [2.75, 3.05) is 7.11 Å². The van der Waals surface area contributed by atoms with E-state index in [9.17, 15) is 4.79 Å². The molecule has 5 nitrogen and oxygen atoms in total. The zero-order chi connectivity index (χ0) is 11.6. The number of rotatable bonds is 2. The number of oxime groups is 1. The normalized spacial score (nSPS) is 11.6. The molecule has 0 radical (unpaired) electrons. The Morgan fingerprint density at radius 2 is 2.07 bits per heavy atom. The van der Waals surface area contributed by atoms with Crippen molar-refractivity contribution in [2.24, 2.45) is 5.16 Å². The summed E-state index contributed by atoms with van der Waals surface area (Å²) in [6, 6.07) is 0. The average Bonchev–Trinajstić information content (AvgIpc) is 2.52. The van der Waals surface area contributed by atoms with Gasteiger partial charge in [0.15, 0.2) is 0 Å². The molecule has 0 aliphatic carbocycles. The summed E-state index contributed by atoms with van der Waals surface area (Å²) in [4.78, 5) is 14.4. The predicted octanol–water partition coefficient (Wildman–Crippen LogP) is 1.62. The van der Waals surface area contributed by atoms with Gasteiger partial charge in [-0.25, -0.2) is 4.79 Å². The van der Waals surface area contributed by atoms with E-state index in [-0.39, 0.29) is 0 Å². The number of aromatic nitrogens is 1. The zero-order valence-corrected chi connectivity index (χ0v) is 9.21. The first-order valence-electron chi connectivity index (χ1n) is 4.49. The van der Waals surface area contributed by atoms with E-state index >= 15 is 0 Å². The van der Waals surface area contributed by atoms with Gasteiger partial charge in [0, 0.05) is 5.69 Å². The molecule has 0 bridgehead atoms. The van der Waals surface area contributed by atoms with Gasteiger partial charge in [-0.1, -0.05) is 5.16 Å². The molecule has 0 atom stereocenters. The molecule has 2 N–H and O–H groups in total. The second kappa shape index (κ2) is 4.16. The molecule has 0 fully saturated rings. The van der Waals surface area contributed by atoms with Gasteiger partial charge in [-0.2, -0.15) is 0 Å². The quantitative estimate of drug-likeness (QED) is 0.337. The summed E-state index contributed by atoms with van der Waals surface area (Å²) in [5.41, 5.74) is 3.02. The molecule has 0 saturated carbocycles. The fourth-order valence-corrected chi connectivity index (χ4v) is 1.57. The smallest absolute Gasteiger partial charge is 0.339 e. The third-order valence-electron chi connectivity index (χ3n) is 2.34. The van der Waals surface area contributed by atoms with E-state index in [4.69, 9.17) is 5.21 Å². The lowest BCUT2D eigenvalue weighted by atomic mass is 10.1. The molecule has 82 valence electrons. The van der Waals surface area contributed by atoms with Gasteiger partial charge in [0.25, 0.3) is 0 Å². The van der Waals surface area contributed by atoms with Crippen LogP contribution in [0.15, 0.2) is 5.16 Å². The van der Waals surface area contributed by atoms with Crippen LogP contribution in [0.3, 0.4) is 0 Å². The van der Waals surface area contributed by atoms with E-state index in [0.29, 0.717) is 22.7 Å². The Morgan fingerprint density at radius 3 is 2.53 bits per heavy atom. The number of carbonyl (C=O) groups is 1. The van der Waals surface area contributed by atoms with Crippen molar-refractivity contribution in [1.82, 2.24) is 4.98 Å². The molecule has 1 rings (SSSR count). The van der Waals surface area contributed by atoms with Crippen molar-refractivity contribution in [3.05, 3.63) is 22.5 Å². The van der Waals surface area contributed by atoms with Crippen LogP contribution in [0, 0.1) is 13.8 Å². The second-order valence-electron chi connectivity index (χ2n) is 3.30. The largest absolute Gasteiger partial charge is 0.465 e. The van der Waals surface area contributed by atoms with E-state index in [2.05, 4.69) is 14.9 Å². The lowest BCUT2D eigenvalue weighted by Crippen LogP contribution is -2.04. The van der Waals surface area contributed by atoms with E-state index < -0.39 is 5.97 Å². The molecule has 1 heterocycles. The van der Waals surface area contributed by atoms with Crippen LogP contribution in [-0.2, 0) is 4.74 Å². The monoisotopic (exact) mass is 210 g/mol. The third-order valence-corrected chi connectivity index (χ3v) is 2.34. The Kier molecular flexibility index (Phi) is 3.14. The first-order chi connectivity index (χ1) is 7.02. The van der Waals surface area contributed by atoms with Gasteiger partial charge in [-0.15, -0.1) is 0 Å². The van der Waals surface area contributed by atoms with Gasteiger partial charge in [0.2, 0.25) is 0 Å². The summed E-state index contributed by atoms with van der Waals surface area (Å²) in [5, 5.41) is 11.8. The predicted molar refractivity (Wildman–Crippen MR) is 55.6 cm³/mol. The fraction of sp³-hybridized carbons (Fsp3) is 0.400. The minimum Gasteiger partial charge on any atom is -0.465 e. The summed E-state index contributed by atoms with van der Waals surface area (Å²) in [6.45, 7) is 5.20. The van der Waals surface area contributed by atoms with Crippen LogP contribution in [0.25, 0.3) is 0 Å². The Labute approximate surface area is 87.7 Å². The van der Waals surface area contributed by atoms with Crippen LogP contribution in [0.4, 0.5) is 0 Å². The van der Waals surface area contributed by atoms with Crippen molar-refractivity contribution in [2.45, 2.75) is 20.8 Å². The molecule has 15 heavy (non-hydrogen) atoms. The second-order valence-corrected chi connectivity index (χ2v) is 3.30. The Bertz CT molecular complexity index is 419. The molecular weight excluding hydrogens is 196 g/mol. The van der Waals surface area contributed by atoms with Gasteiger partial charge in [0.05, 0.1) is 18.4 Å². The summed E-state index contributed by atoms with van der Waals surface area (Å²) in [5.74, 6) is -0.391. The molecule has 5 heteroatoms. The van der Waals surface area contributed by atoms with Crippen molar-refractivity contribution in [3.63, 3.8) is 0 Å². The van der Waals surface area contributed by atoms with Crippen LogP contribution in [0.2, 0.25) is 0 Å². The molecule has 0 aliphatic rings. The van der Waals surface area contributed by atoms with Gasteiger partial charge in [-0.3, -0.25) is 0 Å². The van der Waals surface area contributed by atoms with Crippen molar-refractivity contribution in [3.8, 4) is 0 Å². The van der Waals surface area contributed by atoms with Crippen LogP contribution < -0.4 is 0 Å². The maximum absolute atomic E-state index is 11.4. The standard InChI is InChI=1S/C10H14N2O3/c1-5-8(10(13)15-4)6(2)11-9(5)7(3)12-14/h11,14H,1-4H3. The number of hydrogen-bond donors (Lipinski definition) is 2. The van der Waals surface area contributed by atoms with Crippen molar-refractivity contribution >= 4 is 11.7 Å². The molecular formula is C10H14N2O3. The molecule has 1 aromatic rings. The van der Waals surface area contributed by atoms with Crippen LogP contribution in [0.5, 0.6) is 0 Å². The number of H-pyrrole nitrogens is 1. The van der Waals surface area contributed by atoms with Gasteiger partial charge in [-0.05, 0) is 26.3 Å². The SMILES string of the molecule is COC(=O)c1c(C)[nH]c(C(C)=NO)c1C. The van der Waals surface area contributed by atoms with Gasteiger partial charge in [0.1, 0.15) is 5.71 Å². The number of hydrogen-bond acceptors (Lipinski definition) is 4. The highest BCUT2D eigenvalue weighted by atomic mass is 16.5. The van der Waals surface area contributed by atoms with Crippen molar-refractivity contribution < 1.29 is 14.7 Å². The fourth-order valence-electron chi connectivity index (χ4n) is 1.57. The Morgan fingerprint density at radius 1 is 1.47 bits per heavy atom. The van der Waals surface area contributed by atoms with E-state index in [1.54, 1.807) is 20.8 Å². The first-order valence-corrected chi connectivity index (χ1v) is 4.49. The maximum Gasteiger partial charge on any atom is 0.339 e. The highest BCUT2D eigenvalue weighted by Crippen LogP contribution is 2.19. The van der Waals surface area contributed by atoms with Crippen molar-refractivity contribution in [1.29, 1.82) is 0 Å². The zero-order valence-electron chi connectivity index (χ0n) is 9.21. The number of nitrogens with one attached hydrogen (secondary N) is 1. The van der Waals surface area contributed by atoms with Crippen LogP contribution in [-0.4, -0.2) is 29.0 Å². The minimum atomic E-state index is -0.391. The number of methoxy groups -OCH3 is 1. The third kappa shape index (κ3) is 1.86. The summed E-state index contributed by atoms with van der Waals surface area (Å²) >= 11 is 0. The van der Waals surface area contributed by atoms with Crippen LogP contribution in [0.1, 0.15) is 34.2 Å². The van der Waals surface area contributed by atoms with Gasteiger partial charge < -0.3 is 14.9 Å². The first kappa shape index (κ1) is 11.3. The Balaban J connectivity index is 3.33. The number of aromatic amines is 1. The lowest BCUT2D eigenvalue weighted by Gasteiger charge is -1.99.